The molecule has 0 spiro atoms. The van der Waals surface area contributed by atoms with Gasteiger partial charge in [-0.05, 0) is 42.2 Å². The van der Waals surface area contributed by atoms with Gasteiger partial charge in [0.2, 0.25) is 0 Å². The van der Waals surface area contributed by atoms with Crippen LogP contribution in [0, 0.1) is 11.7 Å². The van der Waals surface area contributed by atoms with Gasteiger partial charge in [0.15, 0.2) is 5.65 Å². The molecule has 0 aliphatic heterocycles. The Hall–Kier alpha value is -3.48. The van der Waals surface area contributed by atoms with Crippen LogP contribution >= 0.6 is 0 Å². The Morgan fingerprint density at radius 3 is 2.43 bits per heavy atom. The minimum Gasteiger partial charge on any atom is -0.384 e. The third-order valence-corrected chi connectivity index (χ3v) is 5.03. The first-order chi connectivity index (χ1) is 14.4. The molecule has 154 valence electrons. The summed E-state index contributed by atoms with van der Waals surface area (Å²) in [5.41, 5.74) is 10.3. The Labute approximate surface area is 173 Å². The number of aromatic nitrogens is 3. The Kier molecular flexibility index (Phi) is 5.35. The topological polar surface area (TPSA) is 85.8 Å². The van der Waals surface area contributed by atoms with Gasteiger partial charge >= 0.3 is 0 Å². The number of para-hydroxylation sites is 2. The van der Waals surface area contributed by atoms with Gasteiger partial charge in [-0.3, -0.25) is 4.79 Å². The zero-order valence-corrected chi connectivity index (χ0v) is 17.0. The molecule has 2 heterocycles. The Bertz CT molecular complexity index is 1210. The zero-order chi connectivity index (χ0) is 21.3. The van der Waals surface area contributed by atoms with Crippen LogP contribution in [0.4, 0.5) is 10.2 Å². The van der Waals surface area contributed by atoms with Crippen LogP contribution in [0.15, 0.2) is 48.5 Å². The Morgan fingerprint density at radius 2 is 1.77 bits per heavy atom. The molecule has 0 fully saturated rings. The summed E-state index contributed by atoms with van der Waals surface area (Å²) < 4.78 is 15.0. The number of hydrogen-bond acceptors (Lipinski definition) is 4. The van der Waals surface area contributed by atoms with Crippen LogP contribution in [0.2, 0.25) is 0 Å². The van der Waals surface area contributed by atoms with E-state index in [9.17, 15) is 9.18 Å². The van der Waals surface area contributed by atoms with Crippen LogP contribution in [0.1, 0.15) is 29.8 Å². The van der Waals surface area contributed by atoms with Gasteiger partial charge < -0.3 is 15.6 Å². The van der Waals surface area contributed by atoms with Crippen LogP contribution in [0.5, 0.6) is 0 Å². The predicted molar refractivity (Wildman–Crippen MR) is 117 cm³/mol. The molecular formula is C23H24FN5O. The van der Waals surface area contributed by atoms with E-state index in [1.807, 2.05) is 42.7 Å². The summed E-state index contributed by atoms with van der Waals surface area (Å²) in [6.07, 6.45) is 0.621. The molecule has 30 heavy (non-hydrogen) atoms. The maximum absolute atomic E-state index is 13.2. The highest BCUT2D eigenvalue weighted by Gasteiger charge is 2.23. The lowest BCUT2D eigenvalue weighted by Crippen LogP contribution is -2.28. The van der Waals surface area contributed by atoms with Gasteiger partial charge in [-0.1, -0.05) is 38.1 Å². The number of nitrogen functional groups attached to an aromatic ring is 1. The lowest BCUT2D eigenvalue weighted by Gasteiger charge is -2.09. The molecule has 0 atom stereocenters. The summed E-state index contributed by atoms with van der Waals surface area (Å²) in [6.45, 7) is 5.10. The number of aryl methyl sites for hydroxylation is 2. The van der Waals surface area contributed by atoms with Crippen molar-refractivity contribution in [2.24, 2.45) is 5.92 Å². The number of carbonyl (C=O) groups is 1. The summed E-state index contributed by atoms with van der Waals surface area (Å²) in [4.78, 5) is 22.4. The van der Waals surface area contributed by atoms with Crippen molar-refractivity contribution in [3.8, 4) is 0 Å². The fourth-order valence-corrected chi connectivity index (χ4v) is 3.44. The molecule has 0 bridgehead atoms. The lowest BCUT2D eigenvalue weighted by atomic mass is 10.1. The van der Waals surface area contributed by atoms with Crippen LogP contribution in [0.3, 0.4) is 0 Å². The second-order valence-corrected chi connectivity index (χ2v) is 7.78. The fourth-order valence-electron chi connectivity index (χ4n) is 3.44. The van der Waals surface area contributed by atoms with E-state index >= 15 is 0 Å². The number of halogens is 1. The molecule has 0 unspecified atom stereocenters. The van der Waals surface area contributed by atoms with Crippen molar-refractivity contribution < 1.29 is 9.18 Å². The highest BCUT2D eigenvalue weighted by atomic mass is 19.1. The number of rotatable bonds is 6. The SMILES string of the molecule is CC(C)CNC(=O)c1c(N)n(CCc2ccc(F)cc2)c2nc3ccccc3nc12. The molecule has 1 amide bonds. The van der Waals surface area contributed by atoms with Crippen molar-refractivity contribution >= 4 is 33.9 Å². The zero-order valence-electron chi connectivity index (χ0n) is 17.0. The first-order valence-electron chi connectivity index (χ1n) is 10.0. The second kappa shape index (κ2) is 8.10. The van der Waals surface area contributed by atoms with Gasteiger partial charge in [0.05, 0.1) is 11.0 Å². The van der Waals surface area contributed by atoms with Crippen molar-refractivity contribution in [1.82, 2.24) is 19.9 Å². The lowest BCUT2D eigenvalue weighted by molar-refractivity contribution is 0.0951. The highest BCUT2D eigenvalue weighted by Crippen LogP contribution is 2.28. The van der Waals surface area contributed by atoms with Gasteiger partial charge in [0, 0.05) is 13.1 Å². The summed E-state index contributed by atoms with van der Waals surface area (Å²) in [5.74, 6) is 0.125. The predicted octanol–water partition coefficient (Wildman–Crippen LogP) is 3.93. The van der Waals surface area contributed by atoms with Crippen LogP contribution in [0.25, 0.3) is 22.2 Å². The third kappa shape index (κ3) is 3.83. The van der Waals surface area contributed by atoms with E-state index in [1.165, 1.54) is 12.1 Å². The van der Waals surface area contributed by atoms with Gasteiger partial charge in [-0.25, -0.2) is 14.4 Å². The standard InChI is InChI=1S/C23H24FN5O/c1-14(2)13-26-23(30)19-20-22(28-18-6-4-3-5-17(18)27-20)29(21(19)25)12-11-15-7-9-16(24)10-8-15/h3-10,14H,11-13,25H2,1-2H3,(H,26,30). The fraction of sp³-hybridized carbons (Fsp3) is 0.261. The van der Waals surface area contributed by atoms with E-state index in [-0.39, 0.29) is 11.7 Å². The number of benzene rings is 2. The van der Waals surface area contributed by atoms with Crippen LogP contribution < -0.4 is 11.1 Å². The average molecular weight is 405 g/mol. The molecule has 2 aromatic heterocycles. The largest absolute Gasteiger partial charge is 0.384 e. The quantitative estimate of drug-likeness (QED) is 0.509. The maximum atomic E-state index is 13.2. The highest BCUT2D eigenvalue weighted by molar-refractivity contribution is 6.10. The van der Waals surface area contributed by atoms with E-state index in [1.54, 1.807) is 12.1 Å². The number of amides is 1. The minimum absolute atomic E-state index is 0.253. The summed E-state index contributed by atoms with van der Waals surface area (Å²) in [6, 6.07) is 13.9. The van der Waals surface area contributed by atoms with Crippen molar-refractivity contribution in [2.75, 3.05) is 12.3 Å². The van der Waals surface area contributed by atoms with Crippen molar-refractivity contribution in [3.63, 3.8) is 0 Å². The molecule has 0 aliphatic rings. The minimum atomic E-state index is -0.272. The number of nitrogens with one attached hydrogen (secondary N) is 1. The molecule has 3 N–H and O–H groups in total. The number of nitrogens with two attached hydrogens (primary N) is 1. The van der Waals surface area contributed by atoms with E-state index in [2.05, 4.69) is 5.32 Å². The van der Waals surface area contributed by atoms with Gasteiger partial charge in [0.25, 0.3) is 5.91 Å². The molecule has 4 aromatic rings. The average Bonchev–Trinajstić information content (AvgIpc) is 3.00. The maximum Gasteiger partial charge on any atom is 0.257 e. The van der Waals surface area contributed by atoms with Gasteiger partial charge in [-0.2, -0.15) is 0 Å². The van der Waals surface area contributed by atoms with Crippen LogP contribution in [-0.2, 0) is 13.0 Å². The van der Waals surface area contributed by atoms with Crippen molar-refractivity contribution in [2.45, 2.75) is 26.8 Å². The third-order valence-electron chi connectivity index (χ3n) is 5.03. The number of anilines is 1. The molecule has 0 saturated carbocycles. The number of hydrogen-bond donors (Lipinski definition) is 2. The molecule has 4 rings (SSSR count). The summed E-state index contributed by atoms with van der Waals surface area (Å²) >= 11 is 0. The molecule has 0 saturated heterocycles. The Balaban J connectivity index is 1.79. The van der Waals surface area contributed by atoms with Gasteiger partial charge in [-0.15, -0.1) is 0 Å². The molecule has 6 nitrogen and oxygen atoms in total. The number of carbonyl (C=O) groups excluding carboxylic acids is 1. The first-order valence-corrected chi connectivity index (χ1v) is 10.0. The second-order valence-electron chi connectivity index (χ2n) is 7.78. The van der Waals surface area contributed by atoms with Crippen LogP contribution in [-0.4, -0.2) is 27.0 Å². The normalized spacial score (nSPS) is 11.5. The molecular weight excluding hydrogens is 381 g/mol. The van der Waals surface area contributed by atoms with E-state index in [0.717, 1.165) is 11.1 Å². The number of fused-ring (bicyclic) bond motifs is 2. The van der Waals surface area contributed by atoms with E-state index in [0.29, 0.717) is 53.5 Å². The van der Waals surface area contributed by atoms with E-state index in [4.69, 9.17) is 15.7 Å². The van der Waals surface area contributed by atoms with E-state index < -0.39 is 0 Å². The molecule has 0 radical (unpaired) electrons. The molecule has 2 aromatic carbocycles. The first kappa shape index (κ1) is 19.8. The molecule has 7 heteroatoms. The van der Waals surface area contributed by atoms with Crippen molar-refractivity contribution in [1.29, 1.82) is 0 Å². The van der Waals surface area contributed by atoms with Gasteiger partial charge in [0.1, 0.15) is 22.7 Å². The molecule has 0 aliphatic carbocycles. The monoisotopic (exact) mass is 405 g/mol. The smallest absolute Gasteiger partial charge is 0.257 e. The Morgan fingerprint density at radius 1 is 1.10 bits per heavy atom. The number of nitrogens with zero attached hydrogens (tertiary/aromatic N) is 3. The summed E-state index contributed by atoms with van der Waals surface area (Å²) in [7, 11) is 0. The summed E-state index contributed by atoms with van der Waals surface area (Å²) in [5, 5.41) is 2.93. The van der Waals surface area contributed by atoms with Crippen molar-refractivity contribution in [3.05, 3.63) is 65.5 Å².